The SMILES string of the molecule is C=CCSC/C=C/SC. The summed E-state index contributed by atoms with van der Waals surface area (Å²) < 4.78 is 0. The molecule has 0 atom stereocenters. The van der Waals surface area contributed by atoms with E-state index >= 15 is 0 Å². The van der Waals surface area contributed by atoms with Gasteiger partial charge in [-0.1, -0.05) is 12.2 Å². The number of thioether (sulfide) groups is 2. The van der Waals surface area contributed by atoms with Gasteiger partial charge in [0.2, 0.25) is 0 Å². The Morgan fingerprint density at radius 3 is 2.78 bits per heavy atom. The van der Waals surface area contributed by atoms with Crippen LogP contribution in [-0.4, -0.2) is 17.8 Å². The predicted octanol–water partition coefficient (Wildman–Crippen LogP) is 2.78. The molecule has 0 spiro atoms. The zero-order valence-electron chi connectivity index (χ0n) is 5.67. The Kier molecular flexibility index (Phi) is 8.34. The third-order valence-electron chi connectivity index (χ3n) is 0.682. The van der Waals surface area contributed by atoms with Crippen molar-refractivity contribution >= 4 is 23.5 Å². The second-order valence-corrected chi connectivity index (χ2v) is 3.25. The molecule has 0 aliphatic heterocycles. The van der Waals surface area contributed by atoms with E-state index in [2.05, 4.69) is 24.3 Å². The van der Waals surface area contributed by atoms with Gasteiger partial charge in [-0.15, -0.1) is 18.3 Å². The van der Waals surface area contributed by atoms with Crippen LogP contribution in [0.2, 0.25) is 0 Å². The van der Waals surface area contributed by atoms with Gasteiger partial charge in [-0.2, -0.15) is 11.8 Å². The minimum absolute atomic E-state index is 1.05. The van der Waals surface area contributed by atoms with E-state index in [1.54, 1.807) is 11.8 Å². The van der Waals surface area contributed by atoms with Crippen LogP contribution in [0.25, 0.3) is 0 Å². The van der Waals surface area contributed by atoms with E-state index in [0.29, 0.717) is 0 Å². The second-order valence-electron chi connectivity index (χ2n) is 1.43. The average molecular weight is 160 g/mol. The van der Waals surface area contributed by atoms with Gasteiger partial charge in [0.15, 0.2) is 0 Å². The molecule has 52 valence electrons. The Hall–Kier alpha value is 0.180. The van der Waals surface area contributed by atoms with E-state index in [1.807, 2.05) is 17.8 Å². The highest BCUT2D eigenvalue weighted by Gasteiger charge is 1.76. The van der Waals surface area contributed by atoms with Crippen LogP contribution in [0.1, 0.15) is 0 Å². The monoisotopic (exact) mass is 160 g/mol. The molecule has 0 aliphatic carbocycles. The van der Waals surface area contributed by atoms with E-state index in [4.69, 9.17) is 0 Å². The summed E-state index contributed by atoms with van der Waals surface area (Å²) >= 11 is 3.61. The summed E-state index contributed by atoms with van der Waals surface area (Å²) in [5.74, 6) is 2.16. The fourth-order valence-electron chi connectivity index (χ4n) is 0.355. The summed E-state index contributed by atoms with van der Waals surface area (Å²) in [5, 5.41) is 2.11. The number of rotatable bonds is 5. The van der Waals surface area contributed by atoms with Crippen molar-refractivity contribution in [3.8, 4) is 0 Å². The molecule has 0 rings (SSSR count). The van der Waals surface area contributed by atoms with Crippen LogP contribution in [0.5, 0.6) is 0 Å². The molecule has 0 unspecified atom stereocenters. The van der Waals surface area contributed by atoms with E-state index in [-0.39, 0.29) is 0 Å². The predicted molar refractivity (Wildman–Crippen MR) is 50.2 cm³/mol. The van der Waals surface area contributed by atoms with Crippen molar-refractivity contribution < 1.29 is 0 Å². The topological polar surface area (TPSA) is 0 Å². The smallest absolute Gasteiger partial charge is 0.0124 e. The van der Waals surface area contributed by atoms with Crippen molar-refractivity contribution in [2.24, 2.45) is 0 Å². The molecule has 0 bridgehead atoms. The second kappa shape index (κ2) is 8.18. The lowest BCUT2D eigenvalue weighted by molar-refractivity contribution is 1.74. The van der Waals surface area contributed by atoms with Crippen molar-refractivity contribution in [3.63, 3.8) is 0 Å². The standard InChI is InChI=1S/C7H12S2/c1-3-5-9-7-4-6-8-2/h3-4,6H,1,5,7H2,2H3/b6-4+. The molecule has 0 aromatic heterocycles. The Balaban J connectivity index is 2.90. The van der Waals surface area contributed by atoms with Gasteiger partial charge in [-0.05, 0) is 11.7 Å². The van der Waals surface area contributed by atoms with E-state index in [0.717, 1.165) is 11.5 Å². The fraction of sp³-hybridized carbons (Fsp3) is 0.429. The summed E-state index contributed by atoms with van der Waals surface area (Å²) in [4.78, 5) is 0. The molecule has 0 heterocycles. The van der Waals surface area contributed by atoms with E-state index < -0.39 is 0 Å². The summed E-state index contributed by atoms with van der Waals surface area (Å²) in [5.41, 5.74) is 0. The summed E-state index contributed by atoms with van der Waals surface area (Å²) in [7, 11) is 0. The molecule has 0 fully saturated rings. The highest BCUT2D eigenvalue weighted by molar-refractivity contribution is 8.01. The van der Waals surface area contributed by atoms with Crippen LogP contribution >= 0.6 is 23.5 Å². The number of hydrogen-bond donors (Lipinski definition) is 0. The van der Waals surface area contributed by atoms with Gasteiger partial charge < -0.3 is 0 Å². The van der Waals surface area contributed by atoms with Crippen molar-refractivity contribution in [2.45, 2.75) is 0 Å². The lowest BCUT2D eigenvalue weighted by Crippen LogP contribution is -1.71. The first kappa shape index (κ1) is 9.18. The van der Waals surface area contributed by atoms with Crippen LogP contribution < -0.4 is 0 Å². The highest BCUT2D eigenvalue weighted by Crippen LogP contribution is 2.01. The Morgan fingerprint density at radius 2 is 2.22 bits per heavy atom. The maximum atomic E-state index is 3.63. The van der Waals surface area contributed by atoms with E-state index in [1.165, 1.54) is 0 Å². The normalized spacial score (nSPS) is 10.3. The maximum Gasteiger partial charge on any atom is 0.0124 e. The van der Waals surface area contributed by atoms with Crippen molar-refractivity contribution in [1.82, 2.24) is 0 Å². The van der Waals surface area contributed by atoms with Crippen molar-refractivity contribution in [3.05, 3.63) is 24.1 Å². The van der Waals surface area contributed by atoms with E-state index in [9.17, 15) is 0 Å². The van der Waals surface area contributed by atoms with Crippen LogP contribution in [0.4, 0.5) is 0 Å². The molecule has 0 aromatic rings. The van der Waals surface area contributed by atoms with Crippen LogP contribution in [-0.2, 0) is 0 Å². The molecule has 0 radical (unpaired) electrons. The minimum Gasteiger partial charge on any atom is -0.154 e. The first-order valence-electron chi connectivity index (χ1n) is 2.78. The minimum atomic E-state index is 1.05. The molecular weight excluding hydrogens is 148 g/mol. The molecule has 0 aromatic carbocycles. The Morgan fingerprint density at radius 1 is 1.44 bits per heavy atom. The van der Waals surface area contributed by atoms with Gasteiger partial charge in [0, 0.05) is 11.5 Å². The molecular formula is C7H12S2. The van der Waals surface area contributed by atoms with Gasteiger partial charge in [0.25, 0.3) is 0 Å². The third kappa shape index (κ3) is 8.18. The molecule has 0 amide bonds. The molecule has 0 saturated heterocycles. The molecule has 0 saturated carbocycles. The lowest BCUT2D eigenvalue weighted by atomic mass is 10.8. The van der Waals surface area contributed by atoms with Gasteiger partial charge >= 0.3 is 0 Å². The quantitative estimate of drug-likeness (QED) is 0.448. The van der Waals surface area contributed by atoms with Crippen molar-refractivity contribution in [2.75, 3.05) is 17.8 Å². The van der Waals surface area contributed by atoms with Gasteiger partial charge in [-0.3, -0.25) is 0 Å². The zero-order valence-corrected chi connectivity index (χ0v) is 7.30. The third-order valence-corrected chi connectivity index (χ3v) is 2.05. The van der Waals surface area contributed by atoms with Gasteiger partial charge in [0.05, 0.1) is 0 Å². The first-order valence-corrected chi connectivity index (χ1v) is 5.22. The largest absolute Gasteiger partial charge is 0.154 e. The summed E-state index contributed by atoms with van der Waals surface area (Å²) in [6.07, 6.45) is 6.16. The molecule has 0 nitrogen and oxygen atoms in total. The average Bonchev–Trinajstić information content (AvgIpc) is 1.89. The van der Waals surface area contributed by atoms with Crippen LogP contribution in [0.15, 0.2) is 24.1 Å². The number of hydrogen-bond acceptors (Lipinski definition) is 2. The van der Waals surface area contributed by atoms with Crippen molar-refractivity contribution in [1.29, 1.82) is 0 Å². The van der Waals surface area contributed by atoms with Crippen LogP contribution in [0.3, 0.4) is 0 Å². The van der Waals surface area contributed by atoms with Gasteiger partial charge in [-0.25, -0.2) is 0 Å². The Labute approximate surface area is 65.8 Å². The van der Waals surface area contributed by atoms with Crippen LogP contribution in [0, 0.1) is 0 Å². The van der Waals surface area contributed by atoms with Gasteiger partial charge in [0.1, 0.15) is 0 Å². The molecule has 0 aliphatic rings. The first-order chi connectivity index (χ1) is 4.41. The summed E-state index contributed by atoms with van der Waals surface area (Å²) in [6, 6.07) is 0. The summed E-state index contributed by atoms with van der Waals surface area (Å²) in [6.45, 7) is 3.63. The zero-order chi connectivity index (χ0) is 6.95. The maximum absolute atomic E-state index is 3.63. The lowest BCUT2D eigenvalue weighted by Gasteiger charge is -1.87. The highest BCUT2D eigenvalue weighted by atomic mass is 32.2. The molecule has 9 heavy (non-hydrogen) atoms. The molecule has 0 N–H and O–H groups in total. The fourth-order valence-corrected chi connectivity index (χ4v) is 1.30. The molecule has 2 heteroatoms. The Bertz CT molecular complexity index is 86.9.